The first-order chi connectivity index (χ1) is 27.3. The minimum absolute atomic E-state index is 0. The average Bonchev–Trinajstić information content (AvgIpc) is 3.88. The van der Waals surface area contributed by atoms with Crippen molar-refractivity contribution in [2.45, 2.75) is 137 Å². The molecule has 0 spiro atoms. The molecule has 1 aromatic rings. The number of fused-ring (bicyclic) bond motifs is 2. The minimum atomic E-state index is -1.01. The van der Waals surface area contributed by atoms with Crippen LogP contribution < -0.4 is 10.1 Å². The summed E-state index contributed by atoms with van der Waals surface area (Å²) in [5.74, 6) is -0.708. The van der Waals surface area contributed by atoms with Gasteiger partial charge in [-0.25, -0.2) is 4.79 Å². The van der Waals surface area contributed by atoms with Crippen LogP contribution in [0.2, 0.25) is 0 Å². The number of thioether (sulfide) groups is 1. The lowest BCUT2D eigenvalue weighted by atomic mass is 9.83. The molecule has 0 aromatic heterocycles. The van der Waals surface area contributed by atoms with Crippen molar-refractivity contribution in [2.75, 3.05) is 33.5 Å². The van der Waals surface area contributed by atoms with Gasteiger partial charge in [0.2, 0.25) is 23.6 Å². The van der Waals surface area contributed by atoms with Crippen molar-refractivity contribution < 1.29 is 34.9 Å². The van der Waals surface area contributed by atoms with Crippen LogP contribution in [0.15, 0.2) is 52.6 Å². The Morgan fingerprint density at radius 1 is 1.00 bits per heavy atom. The molecule has 13 heteroatoms. The molecule has 2 bridgehead atoms. The number of amides is 4. The van der Waals surface area contributed by atoms with Gasteiger partial charge in [0.05, 0.1) is 18.2 Å². The largest absolute Gasteiger partial charge is 0.497 e. The van der Waals surface area contributed by atoms with Gasteiger partial charge in [-0.05, 0) is 87.0 Å². The molecule has 8 atom stereocenters. The Kier molecular flexibility index (Phi) is 16.2. The number of aliphatic imine (C=N–C) groups is 1. The summed E-state index contributed by atoms with van der Waals surface area (Å²) in [5.41, 5.74) is 1.95. The molecular weight excluding hydrogens is 755 g/mol. The van der Waals surface area contributed by atoms with Gasteiger partial charge in [-0.1, -0.05) is 72.2 Å². The van der Waals surface area contributed by atoms with Gasteiger partial charge in [0.1, 0.15) is 36.0 Å². The van der Waals surface area contributed by atoms with Crippen molar-refractivity contribution in [1.29, 1.82) is 0 Å². The topological polar surface area (TPSA) is 138 Å². The number of cyclic esters (lactones) is 1. The number of nitrogens with one attached hydrogen (secondary N) is 1. The minimum Gasteiger partial charge on any atom is -0.497 e. The Labute approximate surface area is 352 Å². The summed E-state index contributed by atoms with van der Waals surface area (Å²) in [6.07, 6.45) is 6.95. The monoisotopic (exact) mass is 823 g/mol. The maximum atomic E-state index is 14.6. The van der Waals surface area contributed by atoms with E-state index in [4.69, 9.17) is 14.5 Å². The molecule has 3 aliphatic rings. The summed E-state index contributed by atoms with van der Waals surface area (Å²) in [7, 11) is 4.71. The maximum absolute atomic E-state index is 14.6. The fourth-order valence-electron chi connectivity index (χ4n) is 7.74. The standard InChI is InChI=1S/C45H67N5O7S.H2/c1-13-28(3)38-43(54)50-22-14-15-36(50)44(55)57-37(45(7,8)9)23-27(2)16-17-29(4)40-46-33(26-58-40)24-30(5)39(51)47-35(25-32-18-20-34(56-12)21-19-32)42(53)48(10)31(6)41(52)49(38)11;/h17-21,24,27-28,31,33,35-38H,13-16,22-23,25-26H2,1-12H3,(H,47,51);1H/b29-17+,30-24+;/t27-,28-,31-,33-,35-,36-,37-,38-;/m0./s1. The molecule has 0 radical (unpaired) electrons. The second-order valence-corrected chi connectivity index (χ2v) is 18.6. The van der Waals surface area contributed by atoms with Crippen LogP contribution in [0.5, 0.6) is 5.75 Å². The van der Waals surface area contributed by atoms with E-state index in [0.717, 1.165) is 22.6 Å². The van der Waals surface area contributed by atoms with Crippen LogP contribution in [0.3, 0.4) is 0 Å². The van der Waals surface area contributed by atoms with Crippen LogP contribution in [0.4, 0.5) is 0 Å². The summed E-state index contributed by atoms with van der Waals surface area (Å²) in [6, 6.07) is 3.44. The summed E-state index contributed by atoms with van der Waals surface area (Å²) in [5, 5.41) is 3.88. The smallest absolute Gasteiger partial charge is 0.329 e. The SMILES string of the molecule is CC[C@H](C)[C@H]1C(=O)N2CCC[C@H]2C(=O)O[C@H](C(C)(C)C)C[C@@H](C)C/C=C(\C)C2=N[C@@H](/C=C(\C)C(=O)N[C@@H](Cc3ccc(OC)cc3)C(=O)N(C)[C@@H](C)C(=O)N1C)CS2.[HH]. The number of likely N-dealkylation sites (N-methyl/N-ethyl adjacent to an activating group) is 2. The molecule has 0 aliphatic carbocycles. The first-order valence-corrected chi connectivity index (χ1v) is 21.8. The van der Waals surface area contributed by atoms with Gasteiger partial charge in [-0.15, -0.1) is 11.8 Å². The summed E-state index contributed by atoms with van der Waals surface area (Å²) >= 11 is 1.65. The average molecular weight is 824 g/mol. The fourth-order valence-corrected chi connectivity index (χ4v) is 8.76. The summed E-state index contributed by atoms with van der Waals surface area (Å²) in [6.45, 7) is 18.0. The van der Waals surface area contributed by atoms with Crippen molar-refractivity contribution in [3.63, 3.8) is 0 Å². The van der Waals surface area contributed by atoms with E-state index in [1.54, 1.807) is 63.8 Å². The number of methoxy groups -OCH3 is 1. The first kappa shape index (κ1) is 46.6. The van der Waals surface area contributed by atoms with E-state index in [0.29, 0.717) is 49.3 Å². The highest BCUT2D eigenvalue weighted by Crippen LogP contribution is 2.33. The van der Waals surface area contributed by atoms with Crippen molar-refractivity contribution >= 4 is 46.4 Å². The number of allylic oxidation sites excluding steroid dienone is 1. The Hall–Kier alpha value is -4.13. The number of hydrogen-bond donors (Lipinski definition) is 1. The Balaban J connectivity index is 0.00000930. The number of ether oxygens (including phenoxy) is 2. The Morgan fingerprint density at radius 2 is 1.67 bits per heavy atom. The number of nitrogens with zero attached hydrogens (tertiary/aromatic N) is 4. The molecule has 1 saturated heterocycles. The zero-order valence-corrected chi connectivity index (χ0v) is 37.6. The number of hydrogen-bond acceptors (Lipinski definition) is 9. The maximum Gasteiger partial charge on any atom is 0.329 e. The molecule has 12 nitrogen and oxygen atoms in total. The second kappa shape index (κ2) is 20.2. The van der Waals surface area contributed by atoms with Crippen molar-refractivity contribution in [2.24, 2.45) is 22.2 Å². The van der Waals surface area contributed by atoms with Crippen LogP contribution in [-0.4, -0.2) is 119 Å². The van der Waals surface area contributed by atoms with E-state index in [1.807, 2.05) is 39.0 Å². The highest BCUT2D eigenvalue weighted by Gasteiger charge is 2.44. The number of carbonyl (C=O) groups is 5. The number of carbonyl (C=O) groups excluding carboxylic acids is 5. The molecule has 4 rings (SSSR count). The molecule has 58 heavy (non-hydrogen) atoms. The van der Waals surface area contributed by atoms with Gasteiger partial charge in [0, 0.05) is 39.8 Å². The summed E-state index contributed by atoms with van der Waals surface area (Å²) in [4.78, 5) is 80.4. The normalized spacial score (nSPS) is 30.2. The predicted octanol–water partition coefficient (Wildman–Crippen LogP) is 6.47. The molecule has 1 aromatic carbocycles. The van der Waals surface area contributed by atoms with E-state index in [2.05, 4.69) is 39.1 Å². The van der Waals surface area contributed by atoms with Gasteiger partial charge in [0.25, 0.3) is 0 Å². The van der Waals surface area contributed by atoms with Gasteiger partial charge in [0.15, 0.2) is 0 Å². The zero-order chi connectivity index (χ0) is 43.1. The lowest BCUT2D eigenvalue weighted by Gasteiger charge is -2.39. The van der Waals surface area contributed by atoms with Crippen molar-refractivity contribution in [3.8, 4) is 5.75 Å². The lowest BCUT2D eigenvalue weighted by molar-refractivity contribution is -0.166. The van der Waals surface area contributed by atoms with Gasteiger partial charge >= 0.3 is 5.97 Å². The number of benzene rings is 1. The number of esters is 1. The lowest BCUT2D eigenvalue weighted by Crippen LogP contribution is -2.59. The van der Waals surface area contributed by atoms with E-state index in [9.17, 15) is 24.0 Å². The third-order valence-corrected chi connectivity index (χ3v) is 13.2. The second-order valence-electron chi connectivity index (χ2n) is 17.6. The van der Waals surface area contributed by atoms with Crippen LogP contribution in [0.1, 0.15) is 101 Å². The van der Waals surface area contributed by atoms with Crippen LogP contribution in [-0.2, 0) is 35.1 Å². The molecule has 0 unspecified atom stereocenters. The van der Waals surface area contributed by atoms with E-state index < -0.39 is 47.9 Å². The van der Waals surface area contributed by atoms with Crippen LogP contribution in [0, 0.1) is 17.3 Å². The summed E-state index contributed by atoms with van der Waals surface area (Å²) < 4.78 is 11.6. The fraction of sp³-hybridized carbons (Fsp3) is 0.644. The number of rotatable bonds is 5. The van der Waals surface area contributed by atoms with Gasteiger partial charge in [-0.3, -0.25) is 24.2 Å². The molecule has 3 heterocycles. The Morgan fingerprint density at radius 3 is 2.29 bits per heavy atom. The predicted molar refractivity (Wildman–Crippen MR) is 233 cm³/mol. The van der Waals surface area contributed by atoms with E-state index in [1.165, 1.54) is 9.80 Å². The molecule has 1 fully saturated rings. The molecule has 1 N–H and O–H groups in total. The first-order valence-electron chi connectivity index (χ1n) is 20.8. The molecule has 4 amide bonds. The van der Waals surface area contributed by atoms with E-state index >= 15 is 0 Å². The quantitative estimate of drug-likeness (QED) is 0.334. The molecule has 322 valence electrons. The van der Waals surface area contributed by atoms with E-state index in [-0.39, 0.29) is 43.2 Å². The third-order valence-electron chi connectivity index (χ3n) is 12.0. The molecule has 0 saturated carbocycles. The van der Waals surface area contributed by atoms with Gasteiger partial charge in [-0.2, -0.15) is 0 Å². The van der Waals surface area contributed by atoms with Crippen LogP contribution in [0.25, 0.3) is 0 Å². The van der Waals surface area contributed by atoms with Crippen molar-refractivity contribution in [1.82, 2.24) is 20.0 Å². The van der Waals surface area contributed by atoms with Crippen molar-refractivity contribution in [3.05, 3.63) is 53.1 Å². The highest BCUT2D eigenvalue weighted by molar-refractivity contribution is 8.14. The Bertz CT molecular complexity index is 1760. The zero-order valence-electron chi connectivity index (χ0n) is 36.8. The highest BCUT2D eigenvalue weighted by atomic mass is 32.2. The van der Waals surface area contributed by atoms with Crippen LogP contribution >= 0.6 is 11.8 Å². The molecule has 3 aliphatic heterocycles. The third kappa shape index (κ3) is 11.5. The molecular formula is C45H69N5O7S. The van der Waals surface area contributed by atoms with Gasteiger partial charge < -0.3 is 29.5 Å².